The van der Waals surface area contributed by atoms with Gasteiger partial charge in [0.25, 0.3) is 0 Å². The molecule has 2 heterocycles. The van der Waals surface area contributed by atoms with Gasteiger partial charge in [0.2, 0.25) is 0 Å². The highest BCUT2D eigenvalue weighted by Gasteiger charge is 2.22. The molecule has 2 aromatic heterocycles. The number of hydrogen-bond donors (Lipinski definition) is 0. The van der Waals surface area contributed by atoms with Gasteiger partial charge in [-0.05, 0) is 39.0 Å². The fraction of sp³-hybridized carbons (Fsp3) is 0.333. The SMILES string of the molecule is Cc1cnc(C(C)n2c(C(C)Cl)nc3ccc(Br)cc32)s1. The summed E-state index contributed by atoms with van der Waals surface area (Å²) in [6.07, 6.45) is 1.91. The molecule has 0 saturated heterocycles. The Balaban J connectivity index is 2.23. The lowest BCUT2D eigenvalue weighted by Gasteiger charge is -2.16. The van der Waals surface area contributed by atoms with E-state index in [0.29, 0.717) is 0 Å². The zero-order chi connectivity index (χ0) is 15.1. The predicted octanol–water partition coefficient (Wildman–Crippen LogP) is 5.47. The van der Waals surface area contributed by atoms with Crippen molar-refractivity contribution >= 4 is 49.9 Å². The maximum absolute atomic E-state index is 6.34. The Hall–Kier alpha value is -0.910. The summed E-state index contributed by atoms with van der Waals surface area (Å²) >= 11 is 11.6. The highest BCUT2D eigenvalue weighted by molar-refractivity contribution is 9.10. The predicted molar refractivity (Wildman–Crippen MR) is 92.4 cm³/mol. The Bertz CT molecular complexity index is 793. The molecule has 3 nitrogen and oxygen atoms in total. The summed E-state index contributed by atoms with van der Waals surface area (Å²) < 4.78 is 3.23. The number of thiazole rings is 1. The summed E-state index contributed by atoms with van der Waals surface area (Å²) in [7, 11) is 0. The van der Waals surface area contributed by atoms with Gasteiger partial charge in [-0.1, -0.05) is 15.9 Å². The second-order valence-corrected chi connectivity index (χ2v) is 7.91. The number of benzene rings is 1. The second-order valence-electron chi connectivity index (χ2n) is 5.07. The fourth-order valence-electron chi connectivity index (χ4n) is 2.45. The van der Waals surface area contributed by atoms with Crippen molar-refractivity contribution in [2.24, 2.45) is 0 Å². The van der Waals surface area contributed by atoms with Gasteiger partial charge in [0.1, 0.15) is 10.8 Å². The zero-order valence-corrected chi connectivity index (χ0v) is 15.1. The van der Waals surface area contributed by atoms with Crippen LogP contribution in [-0.4, -0.2) is 14.5 Å². The molecule has 0 N–H and O–H groups in total. The number of nitrogens with zero attached hydrogens (tertiary/aromatic N) is 3. The first-order valence-corrected chi connectivity index (χ1v) is 8.75. The van der Waals surface area contributed by atoms with Gasteiger partial charge in [0.15, 0.2) is 0 Å². The van der Waals surface area contributed by atoms with E-state index in [0.717, 1.165) is 26.3 Å². The minimum atomic E-state index is -0.153. The van der Waals surface area contributed by atoms with E-state index in [1.807, 2.05) is 25.3 Å². The van der Waals surface area contributed by atoms with Gasteiger partial charge in [0.05, 0.1) is 22.5 Å². The van der Waals surface area contributed by atoms with Gasteiger partial charge in [-0.3, -0.25) is 0 Å². The van der Waals surface area contributed by atoms with E-state index < -0.39 is 0 Å². The second kappa shape index (κ2) is 5.71. The van der Waals surface area contributed by atoms with Crippen molar-refractivity contribution in [1.29, 1.82) is 0 Å². The van der Waals surface area contributed by atoms with Crippen molar-refractivity contribution in [1.82, 2.24) is 14.5 Å². The maximum atomic E-state index is 6.34. The molecule has 0 fully saturated rings. The minimum Gasteiger partial charge on any atom is -0.317 e. The fourth-order valence-corrected chi connectivity index (χ4v) is 3.77. The number of rotatable bonds is 3. The average molecular weight is 385 g/mol. The third-order valence-electron chi connectivity index (χ3n) is 3.42. The van der Waals surface area contributed by atoms with Crippen LogP contribution in [-0.2, 0) is 0 Å². The van der Waals surface area contributed by atoms with Crippen molar-refractivity contribution in [3.63, 3.8) is 0 Å². The van der Waals surface area contributed by atoms with Gasteiger partial charge in [-0.25, -0.2) is 9.97 Å². The summed E-state index contributed by atoms with van der Waals surface area (Å²) in [5.41, 5.74) is 2.04. The van der Waals surface area contributed by atoms with E-state index in [1.54, 1.807) is 11.3 Å². The van der Waals surface area contributed by atoms with Gasteiger partial charge in [0, 0.05) is 15.5 Å². The first-order chi connectivity index (χ1) is 9.97. The van der Waals surface area contributed by atoms with Crippen LogP contribution < -0.4 is 0 Å². The number of imidazole rings is 1. The van der Waals surface area contributed by atoms with Crippen LogP contribution in [0.15, 0.2) is 28.9 Å². The summed E-state index contributed by atoms with van der Waals surface area (Å²) in [6, 6.07) is 6.21. The van der Waals surface area contributed by atoms with Gasteiger partial charge < -0.3 is 4.57 Å². The van der Waals surface area contributed by atoms with E-state index in [2.05, 4.69) is 45.4 Å². The molecule has 3 aromatic rings. The molecule has 110 valence electrons. The number of fused-ring (bicyclic) bond motifs is 1. The smallest absolute Gasteiger partial charge is 0.128 e. The zero-order valence-electron chi connectivity index (χ0n) is 12.0. The van der Waals surface area contributed by atoms with Crippen LogP contribution in [0.4, 0.5) is 0 Å². The normalized spacial score (nSPS) is 14.5. The molecule has 0 aliphatic heterocycles. The van der Waals surface area contributed by atoms with E-state index in [1.165, 1.54) is 4.88 Å². The Kier molecular flexibility index (Phi) is 4.08. The number of aromatic nitrogens is 3. The first kappa shape index (κ1) is 15.0. The third-order valence-corrected chi connectivity index (χ3v) is 5.19. The molecule has 2 unspecified atom stereocenters. The number of aryl methyl sites for hydroxylation is 1. The lowest BCUT2D eigenvalue weighted by atomic mass is 10.2. The van der Waals surface area contributed by atoms with E-state index in [-0.39, 0.29) is 11.4 Å². The van der Waals surface area contributed by atoms with Gasteiger partial charge in [-0.2, -0.15) is 0 Å². The molecule has 3 rings (SSSR count). The molecule has 0 radical (unpaired) electrons. The Morgan fingerprint density at radius 3 is 2.71 bits per heavy atom. The molecule has 0 spiro atoms. The lowest BCUT2D eigenvalue weighted by Crippen LogP contribution is -2.11. The molecule has 0 aliphatic rings. The topological polar surface area (TPSA) is 30.7 Å². The molecule has 2 atom stereocenters. The van der Waals surface area contributed by atoms with E-state index in [4.69, 9.17) is 16.6 Å². The quantitative estimate of drug-likeness (QED) is 0.560. The molecular weight excluding hydrogens is 370 g/mol. The molecule has 0 aliphatic carbocycles. The van der Waals surface area contributed by atoms with Crippen LogP contribution in [0, 0.1) is 6.92 Å². The molecule has 6 heteroatoms. The van der Waals surface area contributed by atoms with Crippen LogP contribution in [0.3, 0.4) is 0 Å². The van der Waals surface area contributed by atoms with Crippen LogP contribution in [0.2, 0.25) is 0 Å². The van der Waals surface area contributed by atoms with Crippen molar-refractivity contribution in [2.45, 2.75) is 32.2 Å². The molecule has 21 heavy (non-hydrogen) atoms. The molecule has 0 amide bonds. The van der Waals surface area contributed by atoms with Crippen molar-refractivity contribution in [3.05, 3.63) is 44.6 Å². The Morgan fingerprint density at radius 2 is 2.10 bits per heavy atom. The monoisotopic (exact) mass is 383 g/mol. The minimum absolute atomic E-state index is 0.110. The van der Waals surface area contributed by atoms with Gasteiger partial charge >= 0.3 is 0 Å². The third kappa shape index (κ3) is 2.74. The lowest BCUT2D eigenvalue weighted by molar-refractivity contribution is 0.615. The first-order valence-electron chi connectivity index (χ1n) is 6.71. The van der Waals surface area contributed by atoms with E-state index in [9.17, 15) is 0 Å². The van der Waals surface area contributed by atoms with E-state index >= 15 is 0 Å². The Labute approximate surface area is 141 Å². The standard InChI is InChI=1S/C15H15BrClN3S/c1-8-7-18-15(21-8)10(3)20-13-6-11(16)4-5-12(13)19-14(20)9(2)17/h4-7,9-10H,1-3H3. The maximum Gasteiger partial charge on any atom is 0.128 e. The molecular formula is C15H15BrClN3S. The summed E-state index contributed by atoms with van der Waals surface area (Å²) in [5.74, 6) is 0.880. The highest BCUT2D eigenvalue weighted by Crippen LogP contribution is 2.33. The van der Waals surface area contributed by atoms with Crippen molar-refractivity contribution < 1.29 is 0 Å². The van der Waals surface area contributed by atoms with Crippen LogP contribution in [0.1, 0.15) is 41.0 Å². The number of halogens is 2. The number of hydrogen-bond acceptors (Lipinski definition) is 3. The summed E-state index contributed by atoms with van der Waals surface area (Å²) in [5, 5.41) is 0.921. The average Bonchev–Trinajstić information content (AvgIpc) is 3.01. The highest BCUT2D eigenvalue weighted by atomic mass is 79.9. The summed E-state index contributed by atoms with van der Waals surface area (Å²) in [4.78, 5) is 10.4. The number of alkyl halides is 1. The van der Waals surface area contributed by atoms with Crippen LogP contribution in [0.5, 0.6) is 0 Å². The summed E-state index contributed by atoms with van der Waals surface area (Å²) in [6.45, 7) is 6.17. The molecule has 1 aromatic carbocycles. The molecule has 0 bridgehead atoms. The van der Waals surface area contributed by atoms with Crippen molar-refractivity contribution in [3.8, 4) is 0 Å². The van der Waals surface area contributed by atoms with Crippen molar-refractivity contribution in [2.75, 3.05) is 0 Å². The van der Waals surface area contributed by atoms with Crippen LogP contribution in [0.25, 0.3) is 11.0 Å². The largest absolute Gasteiger partial charge is 0.317 e. The van der Waals surface area contributed by atoms with Crippen LogP contribution >= 0.6 is 38.9 Å². The molecule has 0 saturated carbocycles. The van der Waals surface area contributed by atoms with Gasteiger partial charge in [-0.15, -0.1) is 22.9 Å². The Morgan fingerprint density at radius 1 is 1.33 bits per heavy atom.